The Morgan fingerprint density at radius 3 is 1.43 bits per heavy atom. The molecular weight excluding hydrogens is 508 g/mol. The van der Waals surface area contributed by atoms with Gasteiger partial charge in [0.15, 0.2) is 0 Å². The third kappa shape index (κ3) is 5.75. The molecule has 1 unspecified atom stereocenters. The van der Waals surface area contributed by atoms with Gasteiger partial charge in [-0.3, -0.25) is 0 Å². The Hall–Kier alpha value is -5.34. The van der Waals surface area contributed by atoms with E-state index in [-0.39, 0.29) is 6.04 Å². The minimum absolute atomic E-state index is 0.263. The van der Waals surface area contributed by atoms with E-state index < -0.39 is 0 Å². The minimum Gasteiger partial charge on any atom is -0.334 e. The summed E-state index contributed by atoms with van der Waals surface area (Å²) in [5, 5.41) is 0. The molecule has 0 aromatic heterocycles. The number of allylic oxidation sites excluding steroid dienone is 2. The van der Waals surface area contributed by atoms with Crippen LogP contribution < -0.4 is 9.80 Å². The topological polar surface area (TPSA) is 6.48 Å². The van der Waals surface area contributed by atoms with Crippen LogP contribution in [-0.2, 0) is 0 Å². The van der Waals surface area contributed by atoms with Crippen LogP contribution in [0, 0.1) is 0 Å². The third-order valence-electron chi connectivity index (χ3n) is 7.70. The molecule has 0 aliphatic heterocycles. The first-order chi connectivity index (χ1) is 20.7. The first kappa shape index (κ1) is 26.9. The normalized spacial score (nSPS) is 13.9. The monoisotopic (exact) mass is 542 g/mol. The number of rotatable bonds is 9. The predicted octanol–water partition coefficient (Wildman–Crippen LogP) is 11.1. The van der Waals surface area contributed by atoms with Crippen LogP contribution >= 0.6 is 0 Å². The molecule has 5 aromatic rings. The van der Waals surface area contributed by atoms with E-state index in [0.717, 1.165) is 34.6 Å². The maximum atomic E-state index is 3.90. The molecule has 1 aliphatic rings. The molecule has 0 saturated carbocycles. The van der Waals surface area contributed by atoms with Gasteiger partial charge in [-0.15, -0.1) is 0 Å². The molecule has 0 amide bonds. The zero-order chi connectivity index (χ0) is 28.7. The van der Waals surface area contributed by atoms with E-state index in [1.807, 2.05) is 18.2 Å². The summed E-state index contributed by atoms with van der Waals surface area (Å²) in [6.07, 6.45) is 13.5. The third-order valence-corrected chi connectivity index (χ3v) is 7.70. The average molecular weight is 543 g/mol. The number of anilines is 5. The van der Waals surface area contributed by atoms with E-state index in [4.69, 9.17) is 0 Å². The van der Waals surface area contributed by atoms with Crippen LogP contribution in [0.2, 0.25) is 0 Å². The molecular formula is C40H34N2. The van der Waals surface area contributed by atoms with Gasteiger partial charge in [0.05, 0.1) is 6.04 Å². The van der Waals surface area contributed by atoms with Crippen LogP contribution in [0.3, 0.4) is 0 Å². The van der Waals surface area contributed by atoms with Crippen LogP contribution in [0.4, 0.5) is 28.4 Å². The fourth-order valence-corrected chi connectivity index (χ4v) is 5.46. The summed E-state index contributed by atoms with van der Waals surface area (Å²) in [5.41, 5.74) is 10.3. The van der Waals surface area contributed by atoms with Gasteiger partial charge in [0.1, 0.15) is 0 Å². The second-order valence-corrected chi connectivity index (χ2v) is 10.3. The van der Waals surface area contributed by atoms with Crippen molar-refractivity contribution < 1.29 is 0 Å². The fraction of sp³-hybridized carbons (Fsp3) is 0.0500. The Morgan fingerprint density at radius 2 is 0.952 bits per heavy atom. The molecule has 0 bridgehead atoms. The lowest BCUT2D eigenvalue weighted by molar-refractivity contribution is 0.785. The van der Waals surface area contributed by atoms with Crippen molar-refractivity contribution in [3.8, 4) is 11.1 Å². The SMILES string of the molecule is C=Cc1ccc(N(c2ccccc2)c2ccc(-c3ccc(N(c4ccc(C=C)cc4)C4C=CC=CC4)cc3)cc2)cc1. The molecule has 0 radical (unpaired) electrons. The van der Waals surface area contributed by atoms with Crippen LogP contribution in [0.25, 0.3) is 23.3 Å². The molecule has 204 valence electrons. The highest BCUT2D eigenvalue weighted by atomic mass is 15.2. The second-order valence-electron chi connectivity index (χ2n) is 10.3. The van der Waals surface area contributed by atoms with Crippen molar-refractivity contribution >= 4 is 40.6 Å². The van der Waals surface area contributed by atoms with Crippen LogP contribution in [0.1, 0.15) is 17.5 Å². The zero-order valence-corrected chi connectivity index (χ0v) is 23.7. The number of nitrogens with zero attached hydrogens (tertiary/aromatic N) is 2. The van der Waals surface area contributed by atoms with E-state index >= 15 is 0 Å². The number of hydrogen-bond donors (Lipinski definition) is 0. The molecule has 2 heteroatoms. The van der Waals surface area contributed by atoms with Crippen molar-refractivity contribution in [2.75, 3.05) is 9.80 Å². The highest BCUT2D eigenvalue weighted by molar-refractivity contribution is 5.79. The van der Waals surface area contributed by atoms with E-state index in [1.165, 1.54) is 22.5 Å². The minimum atomic E-state index is 0.263. The van der Waals surface area contributed by atoms with Crippen molar-refractivity contribution in [1.82, 2.24) is 0 Å². The molecule has 2 nitrogen and oxygen atoms in total. The molecule has 0 N–H and O–H groups in total. The number of benzene rings is 5. The molecule has 0 fully saturated rings. The quantitative estimate of drug-likeness (QED) is 0.183. The molecule has 5 aromatic carbocycles. The Labute approximate surface area is 249 Å². The van der Waals surface area contributed by atoms with E-state index in [0.29, 0.717) is 0 Å². The molecule has 6 rings (SSSR count). The Bertz CT molecular complexity index is 1690. The summed E-state index contributed by atoms with van der Waals surface area (Å²) in [5.74, 6) is 0. The van der Waals surface area contributed by atoms with Crippen molar-refractivity contribution in [1.29, 1.82) is 0 Å². The van der Waals surface area contributed by atoms with Gasteiger partial charge in [-0.2, -0.15) is 0 Å². The van der Waals surface area contributed by atoms with Crippen molar-refractivity contribution in [3.05, 3.63) is 176 Å². The summed E-state index contributed by atoms with van der Waals surface area (Å²) >= 11 is 0. The van der Waals surface area contributed by atoms with Gasteiger partial charge in [-0.05, 0) is 89.3 Å². The maximum Gasteiger partial charge on any atom is 0.0559 e. The highest BCUT2D eigenvalue weighted by Gasteiger charge is 2.19. The van der Waals surface area contributed by atoms with E-state index in [2.05, 4.69) is 169 Å². The van der Waals surface area contributed by atoms with Crippen molar-refractivity contribution in [2.45, 2.75) is 12.5 Å². The average Bonchev–Trinajstić information content (AvgIpc) is 3.07. The smallest absolute Gasteiger partial charge is 0.0559 e. The number of hydrogen-bond acceptors (Lipinski definition) is 2. The van der Waals surface area contributed by atoms with E-state index in [9.17, 15) is 0 Å². The van der Waals surface area contributed by atoms with Gasteiger partial charge in [0.2, 0.25) is 0 Å². The second kappa shape index (κ2) is 12.4. The Morgan fingerprint density at radius 1 is 0.500 bits per heavy atom. The zero-order valence-electron chi connectivity index (χ0n) is 23.7. The summed E-state index contributed by atoms with van der Waals surface area (Å²) in [6.45, 7) is 7.80. The lowest BCUT2D eigenvalue weighted by atomic mass is 10.0. The first-order valence-corrected chi connectivity index (χ1v) is 14.4. The van der Waals surface area contributed by atoms with Gasteiger partial charge in [-0.1, -0.05) is 116 Å². The number of para-hydroxylation sites is 1. The fourth-order valence-electron chi connectivity index (χ4n) is 5.46. The lowest BCUT2D eigenvalue weighted by Gasteiger charge is -2.32. The summed E-state index contributed by atoms with van der Waals surface area (Å²) in [4.78, 5) is 4.69. The molecule has 1 aliphatic carbocycles. The molecule has 1 atom stereocenters. The highest BCUT2D eigenvalue weighted by Crippen LogP contribution is 2.37. The Balaban J connectivity index is 1.29. The summed E-state index contributed by atoms with van der Waals surface area (Å²) < 4.78 is 0. The lowest BCUT2D eigenvalue weighted by Crippen LogP contribution is -2.29. The standard InChI is InChI=1S/C40H34N2/c1-3-31-15-23-37(24-16-31)41(35-11-7-5-8-12-35)39-27-19-33(20-28-39)34-21-29-40(30-22-34)42(36-13-9-6-10-14-36)38-25-17-32(4-2)18-26-38/h3-13,15-30,36H,1-2,14H2. The van der Waals surface area contributed by atoms with Crippen LogP contribution in [0.15, 0.2) is 165 Å². The molecule has 0 spiro atoms. The first-order valence-electron chi connectivity index (χ1n) is 14.4. The van der Waals surface area contributed by atoms with Crippen LogP contribution in [-0.4, -0.2) is 6.04 Å². The van der Waals surface area contributed by atoms with Gasteiger partial charge in [-0.25, -0.2) is 0 Å². The molecule has 0 saturated heterocycles. The Kier molecular flexibility index (Phi) is 7.96. The summed E-state index contributed by atoms with van der Waals surface area (Å²) in [7, 11) is 0. The van der Waals surface area contributed by atoms with Gasteiger partial charge in [0.25, 0.3) is 0 Å². The molecule has 42 heavy (non-hydrogen) atoms. The molecule has 0 heterocycles. The van der Waals surface area contributed by atoms with Crippen molar-refractivity contribution in [3.63, 3.8) is 0 Å². The maximum absolute atomic E-state index is 3.90. The van der Waals surface area contributed by atoms with Gasteiger partial charge >= 0.3 is 0 Å². The summed E-state index contributed by atoms with van der Waals surface area (Å²) in [6, 6.07) is 45.6. The van der Waals surface area contributed by atoms with E-state index in [1.54, 1.807) is 0 Å². The van der Waals surface area contributed by atoms with Gasteiger partial charge < -0.3 is 9.80 Å². The predicted molar refractivity (Wildman–Crippen MR) is 182 cm³/mol. The largest absolute Gasteiger partial charge is 0.334 e. The van der Waals surface area contributed by atoms with Crippen LogP contribution in [0.5, 0.6) is 0 Å². The van der Waals surface area contributed by atoms with Crippen molar-refractivity contribution in [2.24, 2.45) is 0 Å². The van der Waals surface area contributed by atoms with Gasteiger partial charge in [0, 0.05) is 28.4 Å².